The zero-order chi connectivity index (χ0) is 19.0. The summed E-state index contributed by atoms with van der Waals surface area (Å²) >= 11 is 6.18. The van der Waals surface area contributed by atoms with E-state index in [4.69, 9.17) is 16.0 Å². The Kier molecular flexibility index (Phi) is 4.41. The molecule has 136 valence electrons. The van der Waals surface area contributed by atoms with Gasteiger partial charge in [0.2, 0.25) is 0 Å². The van der Waals surface area contributed by atoms with Gasteiger partial charge in [-0.2, -0.15) is 0 Å². The first kappa shape index (κ1) is 17.3. The molecule has 0 aliphatic rings. The highest BCUT2D eigenvalue weighted by atomic mass is 35.5. The molecule has 0 spiro atoms. The van der Waals surface area contributed by atoms with Gasteiger partial charge >= 0.3 is 0 Å². The molecule has 0 bridgehead atoms. The van der Waals surface area contributed by atoms with Gasteiger partial charge in [-0.05, 0) is 31.2 Å². The predicted molar refractivity (Wildman–Crippen MR) is 103 cm³/mol. The number of amides is 1. The zero-order valence-electron chi connectivity index (χ0n) is 14.8. The number of hydrogen-bond donors (Lipinski definition) is 0. The molecule has 4 rings (SSSR count). The lowest BCUT2D eigenvalue weighted by atomic mass is 10.2. The van der Waals surface area contributed by atoms with Crippen LogP contribution in [0.5, 0.6) is 0 Å². The van der Waals surface area contributed by atoms with Crippen LogP contribution in [0.25, 0.3) is 16.7 Å². The standard InChI is InChI=1S/C20H17ClN4O2/c1-13(19-11-14-7-3-6-10-18(14)27-19)24(2)20(26)16-12-25(23-22-16)17-9-5-4-8-15(17)21/h3-13H,1-2H3. The third-order valence-corrected chi connectivity index (χ3v) is 4.89. The Morgan fingerprint density at radius 3 is 2.70 bits per heavy atom. The summed E-state index contributed by atoms with van der Waals surface area (Å²) in [6, 6.07) is 16.7. The maximum absolute atomic E-state index is 12.8. The molecule has 0 aliphatic heterocycles. The minimum atomic E-state index is -0.254. The third kappa shape index (κ3) is 3.19. The molecule has 0 saturated carbocycles. The van der Waals surface area contributed by atoms with E-state index >= 15 is 0 Å². The topological polar surface area (TPSA) is 64.2 Å². The SMILES string of the molecule is CC(c1cc2ccccc2o1)N(C)C(=O)c1cn(-c2ccccc2Cl)nn1. The molecule has 1 amide bonds. The summed E-state index contributed by atoms with van der Waals surface area (Å²) < 4.78 is 7.37. The van der Waals surface area contributed by atoms with Gasteiger partial charge in [-0.15, -0.1) is 5.10 Å². The van der Waals surface area contributed by atoms with E-state index in [2.05, 4.69) is 10.3 Å². The molecule has 2 aromatic heterocycles. The first-order valence-electron chi connectivity index (χ1n) is 8.47. The molecule has 1 unspecified atom stereocenters. The Morgan fingerprint density at radius 1 is 1.19 bits per heavy atom. The minimum absolute atomic E-state index is 0.236. The average Bonchev–Trinajstić information content (AvgIpc) is 3.33. The maximum Gasteiger partial charge on any atom is 0.276 e. The van der Waals surface area contributed by atoms with Crippen molar-refractivity contribution in [3.05, 3.63) is 77.3 Å². The normalized spacial score (nSPS) is 12.3. The Labute approximate surface area is 161 Å². The van der Waals surface area contributed by atoms with Crippen LogP contribution in [0.2, 0.25) is 5.02 Å². The molecule has 2 aromatic carbocycles. The van der Waals surface area contributed by atoms with Crippen molar-refractivity contribution in [2.45, 2.75) is 13.0 Å². The molecule has 2 heterocycles. The van der Waals surface area contributed by atoms with Crippen LogP contribution in [0.1, 0.15) is 29.2 Å². The lowest BCUT2D eigenvalue weighted by molar-refractivity contribution is 0.0721. The number of furan rings is 1. The fraction of sp³-hybridized carbons (Fsp3) is 0.150. The monoisotopic (exact) mass is 380 g/mol. The number of carbonyl (C=O) groups is 1. The maximum atomic E-state index is 12.8. The van der Waals surface area contributed by atoms with E-state index in [9.17, 15) is 4.79 Å². The van der Waals surface area contributed by atoms with E-state index in [1.807, 2.05) is 55.5 Å². The van der Waals surface area contributed by atoms with Crippen LogP contribution < -0.4 is 0 Å². The number of aromatic nitrogens is 3. The van der Waals surface area contributed by atoms with Gasteiger partial charge < -0.3 is 9.32 Å². The lowest BCUT2D eigenvalue weighted by Gasteiger charge is -2.22. The van der Waals surface area contributed by atoms with Crippen molar-refractivity contribution in [1.29, 1.82) is 0 Å². The summed E-state index contributed by atoms with van der Waals surface area (Å²) in [7, 11) is 1.72. The fourth-order valence-electron chi connectivity index (χ4n) is 2.87. The lowest BCUT2D eigenvalue weighted by Crippen LogP contribution is -2.29. The van der Waals surface area contributed by atoms with E-state index in [1.54, 1.807) is 24.2 Å². The highest BCUT2D eigenvalue weighted by Gasteiger charge is 2.24. The zero-order valence-corrected chi connectivity index (χ0v) is 15.6. The van der Waals surface area contributed by atoms with Crippen LogP contribution in [0.3, 0.4) is 0 Å². The predicted octanol–water partition coefficient (Wildman–Crippen LogP) is 4.50. The van der Waals surface area contributed by atoms with Crippen LogP contribution in [-0.2, 0) is 0 Å². The molecule has 0 fully saturated rings. The molecule has 1 atom stereocenters. The molecule has 0 saturated heterocycles. The van der Waals surface area contributed by atoms with E-state index in [-0.39, 0.29) is 17.6 Å². The molecule has 4 aromatic rings. The molecular formula is C20H17ClN4O2. The van der Waals surface area contributed by atoms with E-state index in [1.165, 1.54) is 4.68 Å². The summed E-state index contributed by atoms with van der Waals surface area (Å²) in [5.74, 6) is 0.465. The number of carbonyl (C=O) groups excluding carboxylic acids is 1. The van der Waals surface area contributed by atoms with Crippen molar-refractivity contribution in [3.63, 3.8) is 0 Å². The second kappa shape index (κ2) is 6.89. The quantitative estimate of drug-likeness (QED) is 0.523. The van der Waals surface area contributed by atoms with Gasteiger partial charge in [0.25, 0.3) is 5.91 Å². The number of fused-ring (bicyclic) bond motifs is 1. The highest BCUT2D eigenvalue weighted by Crippen LogP contribution is 2.27. The van der Waals surface area contributed by atoms with E-state index < -0.39 is 0 Å². The summed E-state index contributed by atoms with van der Waals surface area (Å²) in [6.07, 6.45) is 1.57. The second-order valence-electron chi connectivity index (χ2n) is 6.28. The Balaban J connectivity index is 1.58. The fourth-order valence-corrected chi connectivity index (χ4v) is 3.10. The third-order valence-electron chi connectivity index (χ3n) is 4.57. The summed E-state index contributed by atoms with van der Waals surface area (Å²) in [6.45, 7) is 1.91. The first-order chi connectivity index (χ1) is 13.0. The molecule has 27 heavy (non-hydrogen) atoms. The molecule has 0 radical (unpaired) electrons. The number of para-hydroxylation sites is 2. The average molecular weight is 381 g/mol. The van der Waals surface area contributed by atoms with Crippen molar-refractivity contribution in [1.82, 2.24) is 19.9 Å². The summed E-state index contributed by atoms with van der Waals surface area (Å²) in [4.78, 5) is 14.4. The van der Waals surface area contributed by atoms with E-state index in [0.29, 0.717) is 16.5 Å². The van der Waals surface area contributed by atoms with Crippen LogP contribution in [0.15, 0.2) is 65.2 Å². The van der Waals surface area contributed by atoms with Gasteiger partial charge in [0, 0.05) is 12.4 Å². The molecule has 0 aliphatic carbocycles. The number of halogens is 1. The molecule has 0 N–H and O–H groups in total. The van der Waals surface area contributed by atoms with Crippen LogP contribution in [0, 0.1) is 0 Å². The Morgan fingerprint density at radius 2 is 1.93 bits per heavy atom. The van der Waals surface area contributed by atoms with Gasteiger partial charge in [-0.1, -0.05) is 47.1 Å². The smallest absolute Gasteiger partial charge is 0.276 e. The largest absolute Gasteiger partial charge is 0.459 e. The van der Waals surface area contributed by atoms with Gasteiger partial charge in [0.05, 0.1) is 22.9 Å². The van der Waals surface area contributed by atoms with Gasteiger partial charge in [-0.25, -0.2) is 4.68 Å². The van der Waals surface area contributed by atoms with Gasteiger partial charge in [0.1, 0.15) is 11.3 Å². The molecule has 6 nitrogen and oxygen atoms in total. The number of hydrogen-bond acceptors (Lipinski definition) is 4. The highest BCUT2D eigenvalue weighted by molar-refractivity contribution is 6.32. The minimum Gasteiger partial charge on any atom is -0.459 e. The Bertz CT molecular complexity index is 1080. The summed E-state index contributed by atoms with van der Waals surface area (Å²) in [5, 5.41) is 9.57. The van der Waals surface area contributed by atoms with Crippen molar-refractivity contribution in [2.24, 2.45) is 0 Å². The van der Waals surface area contributed by atoms with E-state index in [0.717, 1.165) is 11.0 Å². The van der Waals surface area contributed by atoms with Crippen molar-refractivity contribution >= 4 is 28.5 Å². The molecule has 7 heteroatoms. The van der Waals surface area contributed by atoms with Crippen LogP contribution in [0.4, 0.5) is 0 Å². The van der Waals surface area contributed by atoms with Crippen molar-refractivity contribution in [2.75, 3.05) is 7.05 Å². The van der Waals surface area contributed by atoms with Gasteiger partial charge in [0.15, 0.2) is 5.69 Å². The second-order valence-corrected chi connectivity index (χ2v) is 6.69. The van der Waals surface area contributed by atoms with Crippen LogP contribution in [-0.4, -0.2) is 32.8 Å². The Hall–Kier alpha value is -3.12. The number of benzene rings is 2. The first-order valence-corrected chi connectivity index (χ1v) is 8.85. The number of nitrogens with zero attached hydrogens (tertiary/aromatic N) is 4. The van der Waals surface area contributed by atoms with Crippen molar-refractivity contribution < 1.29 is 9.21 Å². The van der Waals surface area contributed by atoms with Crippen LogP contribution >= 0.6 is 11.6 Å². The summed E-state index contributed by atoms with van der Waals surface area (Å²) in [5.41, 5.74) is 1.70. The van der Waals surface area contributed by atoms with Gasteiger partial charge in [-0.3, -0.25) is 4.79 Å². The van der Waals surface area contributed by atoms with Crippen molar-refractivity contribution in [3.8, 4) is 5.69 Å². The number of rotatable bonds is 4. The molecular weight excluding hydrogens is 364 g/mol.